The lowest BCUT2D eigenvalue weighted by molar-refractivity contribution is 0.0696. The summed E-state index contributed by atoms with van der Waals surface area (Å²) in [5, 5.41) is 12.4. The third-order valence-corrected chi connectivity index (χ3v) is 3.96. The van der Waals surface area contributed by atoms with Gasteiger partial charge in [0, 0.05) is 12.2 Å². The predicted octanol–water partition coefficient (Wildman–Crippen LogP) is 3.72. The first-order valence-corrected chi connectivity index (χ1v) is 7.67. The molecule has 0 bridgehead atoms. The molecule has 1 aliphatic carbocycles. The number of aromatic nitrogens is 1. The number of rotatable bonds is 7. The van der Waals surface area contributed by atoms with E-state index in [2.05, 4.69) is 17.2 Å². The van der Waals surface area contributed by atoms with Crippen molar-refractivity contribution in [3.8, 4) is 0 Å². The fourth-order valence-corrected chi connectivity index (χ4v) is 2.89. The van der Waals surface area contributed by atoms with E-state index in [4.69, 9.17) is 5.11 Å². The molecule has 1 heterocycles. The Hall–Kier alpha value is -1.58. The number of nitrogens with zero attached hydrogens (tertiary/aromatic N) is 1. The second-order valence-electron chi connectivity index (χ2n) is 5.65. The van der Waals surface area contributed by atoms with Gasteiger partial charge in [0.15, 0.2) is 0 Å². The number of hydrogen-bond donors (Lipinski definition) is 2. The molecule has 0 aromatic carbocycles. The highest BCUT2D eigenvalue weighted by molar-refractivity contribution is 5.88. The molecule has 20 heavy (non-hydrogen) atoms. The Labute approximate surface area is 120 Å². The number of pyridine rings is 1. The van der Waals surface area contributed by atoms with Gasteiger partial charge in [-0.05, 0) is 30.9 Å². The Morgan fingerprint density at radius 2 is 2.15 bits per heavy atom. The van der Waals surface area contributed by atoms with Gasteiger partial charge in [0.05, 0.1) is 5.56 Å². The van der Waals surface area contributed by atoms with Gasteiger partial charge in [-0.3, -0.25) is 0 Å². The highest BCUT2D eigenvalue weighted by Gasteiger charge is 2.14. The standard InChI is InChI=1S/C16H24N2O2/c1-2-5-14-10-13(16(19)20)11-15(18-14)17-9-8-12-6-3-4-7-12/h10-12H,2-9H2,1H3,(H,17,18)(H,19,20). The molecule has 2 rings (SSSR count). The highest BCUT2D eigenvalue weighted by atomic mass is 16.4. The summed E-state index contributed by atoms with van der Waals surface area (Å²) in [7, 11) is 0. The molecule has 0 unspecified atom stereocenters. The van der Waals surface area contributed by atoms with Gasteiger partial charge in [-0.25, -0.2) is 9.78 Å². The molecule has 0 atom stereocenters. The van der Waals surface area contributed by atoms with E-state index in [9.17, 15) is 4.79 Å². The normalized spacial score (nSPS) is 15.4. The van der Waals surface area contributed by atoms with Gasteiger partial charge in [-0.1, -0.05) is 39.0 Å². The van der Waals surface area contributed by atoms with Crippen molar-refractivity contribution >= 4 is 11.8 Å². The molecule has 0 saturated heterocycles. The molecule has 0 aliphatic heterocycles. The van der Waals surface area contributed by atoms with Crippen molar-refractivity contribution in [2.24, 2.45) is 5.92 Å². The molecule has 4 heteroatoms. The average molecular weight is 276 g/mol. The second-order valence-corrected chi connectivity index (χ2v) is 5.65. The van der Waals surface area contributed by atoms with Crippen LogP contribution in [0.1, 0.15) is 61.5 Å². The maximum Gasteiger partial charge on any atom is 0.335 e. The summed E-state index contributed by atoms with van der Waals surface area (Å²) in [5.74, 6) is 0.648. The van der Waals surface area contributed by atoms with Crippen LogP contribution in [0.15, 0.2) is 12.1 Å². The number of carbonyl (C=O) groups is 1. The monoisotopic (exact) mass is 276 g/mol. The molecule has 0 spiro atoms. The van der Waals surface area contributed by atoms with E-state index in [1.807, 2.05) is 0 Å². The molecule has 1 aromatic rings. The van der Waals surface area contributed by atoms with Gasteiger partial charge >= 0.3 is 5.97 Å². The van der Waals surface area contributed by atoms with Crippen LogP contribution in [0.2, 0.25) is 0 Å². The SMILES string of the molecule is CCCc1cc(C(=O)O)cc(NCCC2CCCC2)n1. The number of nitrogens with one attached hydrogen (secondary N) is 1. The minimum atomic E-state index is -0.886. The number of hydrogen-bond acceptors (Lipinski definition) is 3. The number of carboxylic acid groups (broad SMARTS) is 1. The molecular formula is C16H24N2O2. The van der Waals surface area contributed by atoms with Gasteiger partial charge < -0.3 is 10.4 Å². The summed E-state index contributed by atoms with van der Waals surface area (Å²) in [6, 6.07) is 3.31. The smallest absolute Gasteiger partial charge is 0.335 e. The zero-order chi connectivity index (χ0) is 14.4. The van der Waals surface area contributed by atoms with Gasteiger partial charge in [-0.2, -0.15) is 0 Å². The molecule has 2 N–H and O–H groups in total. The van der Waals surface area contributed by atoms with E-state index in [-0.39, 0.29) is 0 Å². The average Bonchev–Trinajstić information content (AvgIpc) is 2.92. The summed E-state index contributed by atoms with van der Waals surface area (Å²) in [6.07, 6.45) is 8.34. The number of carboxylic acids is 1. The number of aryl methyl sites for hydroxylation is 1. The topological polar surface area (TPSA) is 62.2 Å². The van der Waals surface area contributed by atoms with Crippen molar-refractivity contribution in [1.29, 1.82) is 0 Å². The molecule has 1 aromatic heterocycles. The molecule has 1 aliphatic rings. The van der Waals surface area contributed by atoms with Crippen LogP contribution >= 0.6 is 0 Å². The summed E-state index contributed by atoms with van der Waals surface area (Å²) >= 11 is 0. The minimum absolute atomic E-state index is 0.326. The first-order valence-electron chi connectivity index (χ1n) is 7.67. The van der Waals surface area contributed by atoms with E-state index < -0.39 is 5.97 Å². The lowest BCUT2D eigenvalue weighted by Gasteiger charge is -2.12. The third kappa shape index (κ3) is 4.22. The lowest BCUT2D eigenvalue weighted by Crippen LogP contribution is -2.10. The fraction of sp³-hybridized carbons (Fsp3) is 0.625. The summed E-state index contributed by atoms with van der Waals surface area (Å²) in [4.78, 5) is 15.6. The van der Waals surface area contributed by atoms with Crippen LogP contribution < -0.4 is 5.32 Å². The van der Waals surface area contributed by atoms with E-state index in [0.29, 0.717) is 11.4 Å². The second kappa shape index (κ2) is 7.27. The largest absolute Gasteiger partial charge is 0.478 e. The van der Waals surface area contributed by atoms with Crippen molar-refractivity contribution in [3.63, 3.8) is 0 Å². The lowest BCUT2D eigenvalue weighted by atomic mass is 10.0. The minimum Gasteiger partial charge on any atom is -0.478 e. The van der Waals surface area contributed by atoms with Crippen molar-refractivity contribution in [2.45, 2.75) is 51.9 Å². The molecule has 0 amide bonds. The molecular weight excluding hydrogens is 252 g/mol. The Bertz CT molecular complexity index is 454. The number of anilines is 1. The molecule has 1 saturated carbocycles. The van der Waals surface area contributed by atoms with Crippen LogP contribution in [-0.4, -0.2) is 22.6 Å². The van der Waals surface area contributed by atoms with E-state index >= 15 is 0 Å². The third-order valence-electron chi connectivity index (χ3n) is 3.96. The van der Waals surface area contributed by atoms with E-state index in [1.54, 1.807) is 12.1 Å². The van der Waals surface area contributed by atoms with Crippen molar-refractivity contribution < 1.29 is 9.90 Å². The summed E-state index contributed by atoms with van der Waals surface area (Å²) < 4.78 is 0. The predicted molar refractivity (Wildman–Crippen MR) is 80.3 cm³/mol. The zero-order valence-electron chi connectivity index (χ0n) is 12.2. The van der Waals surface area contributed by atoms with Crippen LogP contribution in [0.25, 0.3) is 0 Å². The van der Waals surface area contributed by atoms with Crippen LogP contribution in [0.5, 0.6) is 0 Å². The van der Waals surface area contributed by atoms with Crippen LogP contribution in [0.4, 0.5) is 5.82 Å². The summed E-state index contributed by atoms with van der Waals surface area (Å²) in [5.41, 5.74) is 1.18. The van der Waals surface area contributed by atoms with Crippen LogP contribution in [-0.2, 0) is 6.42 Å². The summed E-state index contributed by atoms with van der Waals surface area (Å²) in [6.45, 7) is 2.95. The zero-order valence-corrected chi connectivity index (χ0v) is 12.2. The Morgan fingerprint density at radius 1 is 1.40 bits per heavy atom. The van der Waals surface area contributed by atoms with Crippen molar-refractivity contribution in [3.05, 3.63) is 23.4 Å². The molecule has 110 valence electrons. The van der Waals surface area contributed by atoms with E-state index in [0.717, 1.165) is 37.4 Å². The van der Waals surface area contributed by atoms with Crippen LogP contribution in [0.3, 0.4) is 0 Å². The van der Waals surface area contributed by atoms with E-state index in [1.165, 1.54) is 25.7 Å². The molecule has 4 nitrogen and oxygen atoms in total. The highest BCUT2D eigenvalue weighted by Crippen LogP contribution is 2.27. The number of aromatic carboxylic acids is 1. The maximum atomic E-state index is 11.1. The van der Waals surface area contributed by atoms with Gasteiger partial charge in [0.25, 0.3) is 0 Å². The Morgan fingerprint density at radius 3 is 2.80 bits per heavy atom. The Kier molecular flexibility index (Phi) is 5.39. The van der Waals surface area contributed by atoms with Gasteiger partial charge in [0.1, 0.15) is 5.82 Å². The first-order chi connectivity index (χ1) is 9.69. The molecule has 0 radical (unpaired) electrons. The molecule has 1 fully saturated rings. The van der Waals surface area contributed by atoms with Gasteiger partial charge in [-0.15, -0.1) is 0 Å². The van der Waals surface area contributed by atoms with Crippen molar-refractivity contribution in [2.75, 3.05) is 11.9 Å². The first kappa shape index (κ1) is 14.8. The van der Waals surface area contributed by atoms with Gasteiger partial charge in [0.2, 0.25) is 0 Å². The van der Waals surface area contributed by atoms with Crippen LogP contribution in [0, 0.1) is 5.92 Å². The van der Waals surface area contributed by atoms with Crippen molar-refractivity contribution in [1.82, 2.24) is 4.98 Å². The quantitative estimate of drug-likeness (QED) is 0.796. The fourth-order valence-electron chi connectivity index (χ4n) is 2.89. The Balaban J connectivity index is 1.96. The maximum absolute atomic E-state index is 11.1.